The average molecular weight is 284 g/mol. The summed E-state index contributed by atoms with van der Waals surface area (Å²) in [5.74, 6) is 0.285. The van der Waals surface area contributed by atoms with Gasteiger partial charge in [-0.2, -0.15) is 0 Å². The Morgan fingerprint density at radius 1 is 1.40 bits per heavy atom. The third kappa shape index (κ3) is 4.10. The van der Waals surface area contributed by atoms with Crippen LogP contribution in [0.1, 0.15) is 32.6 Å². The SMILES string of the molecule is CC1CCCC(CNC(=O)N2CCOC(C(=O)O)C2)C1. The fourth-order valence-electron chi connectivity index (χ4n) is 3.07. The highest BCUT2D eigenvalue weighted by atomic mass is 16.5. The summed E-state index contributed by atoms with van der Waals surface area (Å²) in [5.41, 5.74) is 0. The number of urea groups is 1. The Hall–Kier alpha value is -1.30. The molecule has 1 heterocycles. The number of aliphatic carboxylic acids is 1. The van der Waals surface area contributed by atoms with Gasteiger partial charge in [-0.15, -0.1) is 0 Å². The van der Waals surface area contributed by atoms with Crippen molar-refractivity contribution in [3.8, 4) is 0 Å². The highest BCUT2D eigenvalue weighted by Crippen LogP contribution is 2.27. The summed E-state index contributed by atoms with van der Waals surface area (Å²) in [5, 5.41) is 11.9. The zero-order chi connectivity index (χ0) is 14.5. The Balaban J connectivity index is 1.75. The van der Waals surface area contributed by atoms with Crippen molar-refractivity contribution in [2.75, 3.05) is 26.2 Å². The van der Waals surface area contributed by atoms with Gasteiger partial charge < -0.3 is 20.1 Å². The molecule has 0 aromatic rings. The fraction of sp³-hybridized carbons (Fsp3) is 0.857. The lowest BCUT2D eigenvalue weighted by molar-refractivity contribution is -0.154. The molecule has 3 unspecified atom stereocenters. The van der Waals surface area contributed by atoms with Crippen molar-refractivity contribution in [1.29, 1.82) is 0 Å². The molecule has 2 rings (SSSR count). The van der Waals surface area contributed by atoms with Crippen LogP contribution in [0.5, 0.6) is 0 Å². The lowest BCUT2D eigenvalue weighted by Crippen LogP contribution is -2.52. The van der Waals surface area contributed by atoms with Gasteiger partial charge >= 0.3 is 12.0 Å². The van der Waals surface area contributed by atoms with Gasteiger partial charge in [-0.3, -0.25) is 0 Å². The van der Waals surface area contributed by atoms with Crippen LogP contribution < -0.4 is 5.32 Å². The fourth-order valence-corrected chi connectivity index (χ4v) is 3.07. The largest absolute Gasteiger partial charge is 0.479 e. The first-order valence-corrected chi connectivity index (χ1v) is 7.43. The molecule has 6 heteroatoms. The topological polar surface area (TPSA) is 78.9 Å². The number of hydrogen-bond acceptors (Lipinski definition) is 3. The number of morpholine rings is 1. The van der Waals surface area contributed by atoms with E-state index in [-0.39, 0.29) is 19.2 Å². The molecule has 1 saturated heterocycles. The van der Waals surface area contributed by atoms with Crippen molar-refractivity contribution in [1.82, 2.24) is 10.2 Å². The van der Waals surface area contributed by atoms with E-state index in [1.165, 1.54) is 30.6 Å². The Bertz CT molecular complexity index is 361. The molecule has 1 aliphatic heterocycles. The first kappa shape index (κ1) is 15.1. The van der Waals surface area contributed by atoms with Gasteiger partial charge in [0.1, 0.15) is 0 Å². The summed E-state index contributed by atoms with van der Waals surface area (Å²) < 4.78 is 5.11. The Morgan fingerprint density at radius 3 is 2.90 bits per heavy atom. The van der Waals surface area contributed by atoms with Crippen molar-refractivity contribution in [2.24, 2.45) is 11.8 Å². The summed E-state index contributed by atoms with van der Waals surface area (Å²) in [7, 11) is 0. The van der Waals surface area contributed by atoms with E-state index in [0.29, 0.717) is 19.0 Å². The number of ether oxygens (including phenoxy) is 1. The molecule has 6 nitrogen and oxygen atoms in total. The third-order valence-corrected chi connectivity index (χ3v) is 4.22. The number of carbonyl (C=O) groups is 2. The molecule has 2 aliphatic rings. The number of nitrogens with zero attached hydrogens (tertiary/aromatic N) is 1. The van der Waals surface area contributed by atoms with Crippen LogP contribution in [0.25, 0.3) is 0 Å². The number of rotatable bonds is 3. The molecule has 1 saturated carbocycles. The Labute approximate surface area is 119 Å². The van der Waals surface area contributed by atoms with Gasteiger partial charge in [-0.05, 0) is 24.7 Å². The van der Waals surface area contributed by atoms with E-state index >= 15 is 0 Å². The maximum atomic E-state index is 12.1. The van der Waals surface area contributed by atoms with E-state index in [1.807, 2.05) is 0 Å². The standard InChI is InChI=1S/C14H24N2O4/c1-10-3-2-4-11(7-10)8-15-14(19)16-5-6-20-12(9-16)13(17)18/h10-12H,2-9H2,1H3,(H,15,19)(H,17,18). The minimum absolute atomic E-state index is 0.127. The molecule has 0 spiro atoms. The van der Waals surface area contributed by atoms with Crippen LogP contribution in [0.3, 0.4) is 0 Å². The van der Waals surface area contributed by atoms with Gasteiger partial charge in [0.05, 0.1) is 13.2 Å². The minimum atomic E-state index is -1.01. The Morgan fingerprint density at radius 2 is 2.20 bits per heavy atom. The van der Waals surface area contributed by atoms with Gasteiger partial charge in [0.25, 0.3) is 0 Å². The van der Waals surface area contributed by atoms with Crippen molar-refractivity contribution < 1.29 is 19.4 Å². The van der Waals surface area contributed by atoms with Gasteiger partial charge in [-0.25, -0.2) is 9.59 Å². The third-order valence-electron chi connectivity index (χ3n) is 4.22. The minimum Gasteiger partial charge on any atom is -0.479 e. The molecule has 0 bridgehead atoms. The molecule has 0 aromatic heterocycles. The summed E-state index contributed by atoms with van der Waals surface area (Å²) in [6, 6.07) is -0.169. The number of carbonyl (C=O) groups excluding carboxylic acids is 1. The van der Waals surface area contributed by atoms with Crippen LogP contribution in [0.4, 0.5) is 4.79 Å². The van der Waals surface area contributed by atoms with Gasteiger partial charge in [0.2, 0.25) is 0 Å². The molecule has 2 amide bonds. The maximum Gasteiger partial charge on any atom is 0.334 e. The molecule has 20 heavy (non-hydrogen) atoms. The molecule has 0 radical (unpaired) electrons. The van der Waals surface area contributed by atoms with Gasteiger partial charge in [0, 0.05) is 13.1 Å². The maximum absolute atomic E-state index is 12.1. The van der Waals surface area contributed by atoms with Crippen LogP contribution in [0.2, 0.25) is 0 Å². The highest BCUT2D eigenvalue weighted by molar-refractivity contribution is 5.77. The first-order chi connectivity index (χ1) is 9.56. The summed E-state index contributed by atoms with van der Waals surface area (Å²) in [4.78, 5) is 24.5. The summed E-state index contributed by atoms with van der Waals surface area (Å²) in [6.45, 7) is 3.81. The second-order valence-electron chi connectivity index (χ2n) is 5.97. The van der Waals surface area contributed by atoms with Gasteiger partial charge in [-0.1, -0.05) is 19.8 Å². The van der Waals surface area contributed by atoms with E-state index in [9.17, 15) is 9.59 Å². The molecule has 2 N–H and O–H groups in total. The zero-order valence-corrected chi connectivity index (χ0v) is 12.0. The molecule has 3 atom stereocenters. The smallest absolute Gasteiger partial charge is 0.334 e. The lowest BCUT2D eigenvalue weighted by atomic mass is 9.82. The number of hydrogen-bond donors (Lipinski definition) is 2. The van der Waals surface area contributed by atoms with E-state index in [1.54, 1.807) is 0 Å². The number of nitrogens with one attached hydrogen (secondary N) is 1. The molecule has 0 aromatic carbocycles. The second kappa shape index (κ2) is 6.92. The van der Waals surface area contributed by atoms with E-state index in [4.69, 9.17) is 9.84 Å². The molecular formula is C14H24N2O4. The predicted octanol–water partition coefficient (Wildman–Crippen LogP) is 1.31. The van der Waals surface area contributed by atoms with Crippen LogP contribution in [-0.2, 0) is 9.53 Å². The monoisotopic (exact) mass is 284 g/mol. The van der Waals surface area contributed by atoms with Crippen LogP contribution in [0.15, 0.2) is 0 Å². The van der Waals surface area contributed by atoms with Gasteiger partial charge in [0.15, 0.2) is 6.10 Å². The molecule has 2 fully saturated rings. The van der Waals surface area contributed by atoms with E-state index in [2.05, 4.69) is 12.2 Å². The average Bonchev–Trinajstić information content (AvgIpc) is 2.45. The van der Waals surface area contributed by atoms with E-state index < -0.39 is 12.1 Å². The quantitative estimate of drug-likeness (QED) is 0.819. The normalized spacial score (nSPS) is 30.9. The second-order valence-corrected chi connectivity index (χ2v) is 5.97. The van der Waals surface area contributed by atoms with Crippen molar-refractivity contribution in [3.63, 3.8) is 0 Å². The molecule has 1 aliphatic carbocycles. The highest BCUT2D eigenvalue weighted by Gasteiger charge is 2.29. The molecule has 114 valence electrons. The van der Waals surface area contributed by atoms with E-state index in [0.717, 1.165) is 5.92 Å². The zero-order valence-electron chi connectivity index (χ0n) is 12.0. The van der Waals surface area contributed by atoms with Crippen LogP contribution in [0, 0.1) is 11.8 Å². The lowest BCUT2D eigenvalue weighted by Gasteiger charge is -2.32. The molecular weight excluding hydrogens is 260 g/mol. The number of carboxylic acid groups (broad SMARTS) is 1. The van der Waals surface area contributed by atoms with Crippen LogP contribution >= 0.6 is 0 Å². The number of amides is 2. The van der Waals surface area contributed by atoms with Crippen LogP contribution in [-0.4, -0.2) is 54.4 Å². The van der Waals surface area contributed by atoms with Crippen molar-refractivity contribution in [3.05, 3.63) is 0 Å². The first-order valence-electron chi connectivity index (χ1n) is 7.43. The van der Waals surface area contributed by atoms with Crippen molar-refractivity contribution >= 4 is 12.0 Å². The number of carboxylic acids is 1. The Kier molecular flexibility index (Phi) is 5.23. The summed E-state index contributed by atoms with van der Waals surface area (Å²) in [6.07, 6.45) is 3.96. The van der Waals surface area contributed by atoms with Crippen molar-refractivity contribution in [2.45, 2.75) is 38.7 Å². The summed E-state index contributed by atoms with van der Waals surface area (Å²) >= 11 is 0. The predicted molar refractivity (Wildman–Crippen MR) is 73.5 cm³/mol.